The van der Waals surface area contributed by atoms with E-state index < -0.39 is 0 Å². The van der Waals surface area contributed by atoms with E-state index in [0.717, 1.165) is 67.7 Å². The molecule has 2 nitrogen and oxygen atoms in total. The lowest BCUT2D eigenvalue weighted by molar-refractivity contribution is 0.673. The summed E-state index contributed by atoms with van der Waals surface area (Å²) in [5, 5.41) is 0. The highest BCUT2D eigenvalue weighted by Gasteiger charge is 2.10. The van der Waals surface area contributed by atoms with Gasteiger partial charge in [-0.05, 0) is 87.6 Å². The van der Waals surface area contributed by atoms with Gasteiger partial charge in [0.25, 0.3) is 0 Å². The van der Waals surface area contributed by atoms with Crippen molar-refractivity contribution in [1.82, 2.24) is 0 Å². The van der Waals surface area contributed by atoms with Crippen molar-refractivity contribution in [3.05, 3.63) is 72.3 Å². The summed E-state index contributed by atoms with van der Waals surface area (Å²) in [6.45, 7) is 6.75. The normalized spacial score (nSPS) is 12.5. The maximum atomic E-state index is 5.11. The molecule has 2 aromatic rings. The molecule has 0 N–H and O–H groups in total. The van der Waals surface area contributed by atoms with Crippen LogP contribution in [0.4, 0.5) is 11.4 Å². The molecule has 0 spiro atoms. The lowest BCUT2D eigenvalue weighted by Gasteiger charge is -2.11. The molecule has 0 aliphatic carbocycles. The van der Waals surface area contributed by atoms with Crippen molar-refractivity contribution in [1.29, 1.82) is 0 Å². The molecule has 0 aliphatic rings. The Morgan fingerprint density at radius 2 is 1.11 bits per heavy atom. The highest BCUT2D eigenvalue weighted by molar-refractivity contribution is 6.43. The molecule has 0 heterocycles. The van der Waals surface area contributed by atoms with Crippen LogP contribution >= 0.6 is 0 Å². The van der Waals surface area contributed by atoms with Crippen molar-refractivity contribution < 1.29 is 0 Å². The zero-order valence-electron chi connectivity index (χ0n) is 22.6. The smallest absolute Gasteiger partial charge is 0.0633 e. The number of benzene rings is 2. The Bertz CT molecular complexity index is 875. The van der Waals surface area contributed by atoms with Crippen molar-refractivity contribution >= 4 is 22.8 Å². The third-order valence-electron chi connectivity index (χ3n) is 6.32. The van der Waals surface area contributed by atoms with E-state index in [4.69, 9.17) is 9.98 Å². The molecule has 0 fully saturated rings. The first-order chi connectivity index (χ1) is 17.3. The van der Waals surface area contributed by atoms with Gasteiger partial charge < -0.3 is 0 Å². The van der Waals surface area contributed by atoms with Gasteiger partial charge in [0.2, 0.25) is 0 Å². The fourth-order valence-corrected chi connectivity index (χ4v) is 4.12. The number of unbranched alkanes of at least 4 members (excludes halogenated alkanes) is 7. The number of hydrogen-bond acceptors (Lipinski definition) is 2. The Balaban J connectivity index is 2.01. The molecule has 0 amide bonds. The van der Waals surface area contributed by atoms with Crippen LogP contribution in [0.1, 0.15) is 110 Å². The summed E-state index contributed by atoms with van der Waals surface area (Å²) in [6.07, 6.45) is 21.5. The van der Waals surface area contributed by atoms with Crippen LogP contribution in [-0.2, 0) is 6.42 Å². The van der Waals surface area contributed by atoms with E-state index in [-0.39, 0.29) is 0 Å². The van der Waals surface area contributed by atoms with Gasteiger partial charge >= 0.3 is 0 Å². The third-order valence-corrected chi connectivity index (χ3v) is 6.32. The average Bonchev–Trinajstić information content (AvgIpc) is 2.89. The lowest BCUT2D eigenvalue weighted by atomic mass is 10.0. The van der Waals surface area contributed by atoms with Crippen molar-refractivity contribution in [3.63, 3.8) is 0 Å². The lowest BCUT2D eigenvalue weighted by Crippen LogP contribution is -2.14. The van der Waals surface area contributed by atoms with Gasteiger partial charge in [0.1, 0.15) is 0 Å². The molecule has 0 bridgehead atoms. The molecule has 0 atom stereocenters. The molecule has 190 valence electrons. The van der Waals surface area contributed by atoms with Crippen LogP contribution in [0.15, 0.2) is 76.7 Å². The summed E-state index contributed by atoms with van der Waals surface area (Å²) in [5.74, 6) is 0. The van der Waals surface area contributed by atoms with Crippen molar-refractivity contribution in [3.8, 4) is 0 Å². The van der Waals surface area contributed by atoms with E-state index in [0.29, 0.717) is 0 Å². The molecule has 0 aromatic heterocycles. The number of hydrogen-bond donors (Lipinski definition) is 0. The van der Waals surface area contributed by atoms with Gasteiger partial charge in [0, 0.05) is 0 Å². The van der Waals surface area contributed by atoms with Crippen LogP contribution in [0, 0.1) is 0 Å². The summed E-state index contributed by atoms with van der Waals surface area (Å²) in [5.41, 5.74) is 5.77. The SMILES string of the molecule is CCCCCC/C=C/CCCc1ccc(N=C(CCCC)C(CCCC)=Nc2ccccc2)cc1. The average molecular weight is 473 g/mol. The van der Waals surface area contributed by atoms with Gasteiger partial charge in [-0.15, -0.1) is 0 Å². The number of nitrogens with zero attached hydrogens (tertiary/aromatic N) is 2. The fraction of sp³-hybridized carbons (Fsp3) is 0.515. The molecule has 2 rings (SSSR count). The first-order valence-corrected chi connectivity index (χ1v) is 14.2. The van der Waals surface area contributed by atoms with Crippen molar-refractivity contribution in [2.75, 3.05) is 0 Å². The predicted octanol–water partition coefficient (Wildman–Crippen LogP) is 10.8. The Hall–Kier alpha value is -2.48. The van der Waals surface area contributed by atoms with E-state index in [1.165, 1.54) is 50.5 Å². The first kappa shape index (κ1) is 28.8. The largest absolute Gasteiger partial charge is 0.252 e. The minimum absolute atomic E-state index is 0.984. The minimum atomic E-state index is 0.984. The first-order valence-electron chi connectivity index (χ1n) is 14.2. The molecule has 2 aromatic carbocycles. The van der Waals surface area contributed by atoms with Gasteiger partial charge in [-0.2, -0.15) is 0 Å². The Kier molecular flexibility index (Phi) is 15.4. The number of rotatable bonds is 18. The van der Waals surface area contributed by atoms with E-state index in [1.54, 1.807) is 0 Å². The predicted molar refractivity (Wildman–Crippen MR) is 157 cm³/mol. The molecular weight excluding hydrogens is 424 g/mol. The van der Waals surface area contributed by atoms with Crippen LogP contribution < -0.4 is 0 Å². The van der Waals surface area contributed by atoms with Crippen LogP contribution in [0.5, 0.6) is 0 Å². The summed E-state index contributed by atoms with van der Waals surface area (Å²) in [6, 6.07) is 19.2. The molecule has 0 saturated heterocycles. The molecule has 0 radical (unpaired) electrons. The molecule has 0 aliphatic heterocycles. The Morgan fingerprint density at radius 1 is 0.571 bits per heavy atom. The number of aryl methyl sites for hydroxylation is 1. The molecule has 0 unspecified atom stereocenters. The van der Waals surface area contributed by atoms with Crippen LogP contribution in [0.2, 0.25) is 0 Å². The van der Waals surface area contributed by atoms with Gasteiger partial charge in [0.15, 0.2) is 0 Å². The van der Waals surface area contributed by atoms with Crippen LogP contribution in [0.3, 0.4) is 0 Å². The highest BCUT2D eigenvalue weighted by Crippen LogP contribution is 2.20. The van der Waals surface area contributed by atoms with E-state index in [2.05, 4.69) is 81.5 Å². The van der Waals surface area contributed by atoms with Crippen molar-refractivity contribution in [2.24, 2.45) is 9.98 Å². The summed E-state index contributed by atoms with van der Waals surface area (Å²) < 4.78 is 0. The molecule has 0 saturated carbocycles. The van der Waals surface area contributed by atoms with Gasteiger partial charge in [-0.3, -0.25) is 9.98 Å². The monoisotopic (exact) mass is 472 g/mol. The fourth-order valence-electron chi connectivity index (χ4n) is 4.12. The maximum Gasteiger partial charge on any atom is 0.0633 e. The van der Waals surface area contributed by atoms with E-state index in [1.807, 2.05) is 6.07 Å². The summed E-state index contributed by atoms with van der Waals surface area (Å²) in [4.78, 5) is 10.1. The number of para-hydroxylation sites is 1. The van der Waals surface area contributed by atoms with Crippen LogP contribution in [-0.4, -0.2) is 11.4 Å². The molecule has 2 heteroatoms. The van der Waals surface area contributed by atoms with Gasteiger partial charge in [0.05, 0.1) is 22.8 Å². The second-order valence-corrected chi connectivity index (χ2v) is 9.54. The maximum absolute atomic E-state index is 5.11. The molecule has 35 heavy (non-hydrogen) atoms. The summed E-state index contributed by atoms with van der Waals surface area (Å²) >= 11 is 0. The van der Waals surface area contributed by atoms with Crippen molar-refractivity contribution in [2.45, 2.75) is 111 Å². The summed E-state index contributed by atoms with van der Waals surface area (Å²) in [7, 11) is 0. The number of allylic oxidation sites excluding steroid dienone is 2. The highest BCUT2D eigenvalue weighted by atomic mass is 14.8. The van der Waals surface area contributed by atoms with E-state index in [9.17, 15) is 0 Å². The number of aliphatic imine (C=N–C) groups is 2. The third kappa shape index (κ3) is 12.7. The Morgan fingerprint density at radius 3 is 1.69 bits per heavy atom. The van der Waals surface area contributed by atoms with Gasteiger partial charge in [-0.1, -0.05) is 95.4 Å². The standard InChI is InChI=1S/C33H48N2/c1-4-7-10-11-12-13-14-15-17-20-29-25-27-31(28-26-29)35-33(24-9-6-3)32(23-8-5-2)34-30-21-18-16-19-22-30/h13-14,16,18-19,21-22,25-28H,4-12,15,17,20,23-24H2,1-3H3/b14-13+,34-32?,35-33?. The topological polar surface area (TPSA) is 24.7 Å². The quantitative estimate of drug-likeness (QED) is 0.117. The molecular formula is C33H48N2. The zero-order chi connectivity index (χ0) is 25.0. The second-order valence-electron chi connectivity index (χ2n) is 9.54. The second kappa shape index (κ2) is 18.8. The van der Waals surface area contributed by atoms with E-state index >= 15 is 0 Å². The van der Waals surface area contributed by atoms with Gasteiger partial charge in [-0.25, -0.2) is 0 Å². The zero-order valence-corrected chi connectivity index (χ0v) is 22.6. The minimum Gasteiger partial charge on any atom is -0.252 e. The Labute approximate surface area is 215 Å². The van der Waals surface area contributed by atoms with Crippen LogP contribution in [0.25, 0.3) is 0 Å².